The lowest BCUT2D eigenvalue weighted by Crippen LogP contribution is -2.32. The van der Waals surface area contributed by atoms with Gasteiger partial charge in [0.2, 0.25) is 5.91 Å². The van der Waals surface area contributed by atoms with Crippen LogP contribution in [0.2, 0.25) is 0 Å². The average Bonchev–Trinajstić information content (AvgIpc) is 2.97. The average molecular weight is 330 g/mol. The number of hydrogen-bond acceptors (Lipinski definition) is 6. The molecular weight excluding hydrogens is 308 g/mol. The normalized spacial score (nSPS) is 24.5. The second-order valence-electron chi connectivity index (χ2n) is 6.37. The van der Waals surface area contributed by atoms with Crippen LogP contribution in [0.15, 0.2) is 12.3 Å². The fraction of sp³-hybridized carbons (Fsp3) is 0.562. The molecule has 8 heteroatoms. The molecule has 3 heterocycles. The molecule has 1 amide bonds. The van der Waals surface area contributed by atoms with E-state index in [2.05, 4.69) is 26.0 Å². The van der Waals surface area contributed by atoms with Gasteiger partial charge in [0, 0.05) is 19.2 Å². The summed E-state index contributed by atoms with van der Waals surface area (Å²) in [4.78, 5) is 16.8. The summed E-state index contributed by atoms with van der Waals surface area (Å²) in [5.41, 5.74) is 1.24. The number of nitrogens with zero attached hydrogens (tertiary/aromatic N) is 3. The smallest absolute Gasteiger partial charge is 0.226 e. The molecule has 1 fully saturated rings. The molecular formula is C16H22N6O2. The first-order chi connectivity index (χ1) is 11.7. The molecule has 2 atom stereocenters. The van der Waals surface area contributed by atoms with Gasteiger partial charge in [0.25, 0.3) is 0 Å². The number of fused-ring (bicyclic) bond motifs is 3. The van der Waals surface area contributed by atoms with Crippen LogP contribution in [0.25, 0.3) is 5.65 Å². The number of hydrogen-bond donors (Lipinski definition) is 3. The van der Waals surface area contributed by atoms with Gasteiger partial charge >= 0.3 is 0 Å². The monoisotopic (exact) mass is 330 g/mol. The number of carbonyl (C=O) groups excluding carboxylic acids is 1. The summed E-state index contributed by atoms with van der Waals surface area (Å²) in [6, 6.07) is 2.27. The zero-order chi connectivity index (χ0) is 16.5. The minimum absolute atomic E-state index is 0.0809. The number of amides is 1. The molecule has 1 aliphatic carbocycles. The van der Waals surface area contributed by atoms with E-state index >= 15 is 0 Å². The van der Waals surface area contributed by atoms with Crippen molar-refractivity contribution in [3.8, 4) is 0 Å². The third-order valence-electron chi connectivity index (χ3n) is 4.66. The number of anilines is 3. The van der Waals surface area contributed by atoms with Crippen molar-refractivity contribution >= 4 is 28.9 Å². The van der Waals surface area contributed by atoms with E-state index in [1.54, 1.807) is 10.7 Å². The maximum absolute atomic E-state index is 12.2. The Morgan fingerprint density at radius 2 is 2.33 bits per heavy atom. The first-order valence-electron chi connectivity index (χ1n) is 8.47. The van der Waals surface area contributed by atoms with Crippen LogP contribution in [-0.2, 0) is 9.53 Å². The van der Waals surface area contributed by atoms with Crippen LogP contribution in [0.3, 0.4) is 0 Å². The maximum Gasteiger partial charge on any atom is 0.226 e. The highest BCUT2D eigenvalue weighted by Gasteiger charge is 2.24. The summed E-state index contributed by atoms with van der Waals surface area (Å²) in [5.74, 6) is 1.52. The van der Waals surface area contributed by atoms with Crippen molar-refractivity contribution in [2.75, 3.05) is 29.6 Å². The van der Waals surface area contributed by atoms with E-state index in [9.17, 15) is 4.79 Å². The van der Waals surface area contributed by atoms with E-state index in [0.717, 1.165) is 37.3 Å². The topological polar surface area (TPSA) is 92.6 Å². The third-order valence-corrected chi connectivity index (χ3v) is 4.66. The molecule has 4 bridgehead atoms. The van der Waals surface area contributed by atoms with Crippen LogP contribution in [-0.4, -0.2) is 46.3 Å². The summed E-state index contributed by atoms with van der Waals surface area (Å²) < 4.78 is 7.60. The van der Waals surface area contributed by atoms with Crippen molar-refractivity contribution in [2.24, 2.45) is 0 Å². The predicted octanol–water partition coefficient (Wildman–Crippen LogP) is 1.85. The Bertz CT molecular complexity index is 758. The lowest BCUT2D eigenvalue weighted by Gasteiger charge is -2.30. The SMILES string of the molecule is CNc1cc2nc3c(cnn13)NC(=O)CCOC1CCCC(C1)N2. The van der Waals surface area contributed by atoms with Gasteiger partial charge in [-0.05, 0) is 25.7 Å². The number of rotatable bonds is 1. The van der Waals surface area contributed by atoms with Gasteiger partial charge in [-0.25, -0.2) is 4.98 Å². The quantitative estimate of drug-likeness (QED) is 0.739. The molecule has 2 aliphatic rings. The zero-order valence-corrected chi connectivity index (χ0v) is 13.7. The Balaban J connectivity index is 1.75. The summed E-state index contributed by atoms with van der Waals surface area (Å²) in [5, 5.41) is 13.9. The van der Waals surface area contributed by atoms with Crippen LogP contribution in [0.5, 0.6) is 0 Å². The minimum Gasteiger partial charge on any atom is -0.378 e. The molecule has 0 spiro atoms. The number of nitrogens with one attached hydrogen (secondary N) is 3. The van der Waals surface area contributed by atoms with E-state index < -0.39 is 0 Å². The molecule has 3 N–H and O–H groups in total. The summed E-state index contributed by atoms with van der Waals surface area (Å²) in [7, 11) is 1.84. The van der Waals surface area contributed by atoms with Gasteiger partial charge < -0.3 is 20.7 Å². The molecule has 0 saturated heterocycles. The summed E-state index contributed by atoms with van der Waals surface area (Å²) >= 11 is 0. The zero-order valence-electron chi connectivity index (χ0n) is 13.7. The van der Waals surface area contributed by atoms with Crippen molar-refractivity contribution in [3.05, 3.63) is 12.3 Å². The first-order valence-corrected chi connectivity index (χ1v) is 8.47. The van der Waals surface area contributed by atoms with E-state index in [0.29, 0.717) is 30.4 Å². The predicted molar refractivity (Wildman–Crippen MR) is 91.4 cm³/mol. The van der Waals surface area contributed by atoms with Crippen LogP contribution in [0, 0.1) is 0 Å². The van der Waals surface area contributed by atoms with Crippen LogP contribution in [0.4, 0.5) is 17.3 Å². The number of ether oxygens (including phenoxy) is 1. The molecule has 24 heavy (non-hydrogen) atoms. The molecule has 2 unspecified atom stereocenters. The Labute approximate surface area is 140 Å². The molecule has 1 saturated carbocycles. The second-order valence-corrected chi connectivity index (χ2v) is 6.37. The van der Waals surface area contributed by atoms with Gasteiger partial charge in [-0.15, -0.1) is 0 Å². The van der Waals surface area contributed by atoms with Crippen molar-refractivity contribution in [2.45, 2.75) is 44.2 Å². The van der Waals surface area contributed by atoms with Gasteiger partial charge in [-0.1, -0.05) is 0 Å². The van der Waals surface area contributed by atoms with Crippen LogP contribution >= 0.6 is 0 Å². The van der Waals surface area contributed by atoms with Crippen molar-refractivity contribution in [3.63, 3.8) is 0 Å². The second kappa shape index (κ2) is 6.27. The Hall–Kier alpha value is -2.35. The largest absolute Gasteiger partial charge is 0.378 e. The fourth-order valence-electron chi connectivity index (χ4n) is 3.47. The van der Waals surface area contributed by atoms with Crippen molar-refractivity contribution in [1.82, 2.24) is 14.6 Å². The number of carbonyl (C=O) groups is 1. The van der Waals surface area contributed by atoms with E-state index in [1.165, 1.54) is 0 Å². The molecule has 128 valence electrons. The van der Waals surface area contributed by atoms with Gasteiger partial charge in [0.05, 0.1) is 25.3 Å². The Morgan fingerprint density at radius 3 is 3.21 bits per heavy atom. The Kier molecular flexibility index (Phi) is 3.97. The molecule has 2 aromatic rings. The van der Waals surface area contributed by atoms with Gasteiger partial charge in [0.15, 0.2) is 5.65 Å². The molecule has 4 rings (SSSR count). The molecule has 0 aromatic carbocycles. The molecule has 2 aromatic heterocycles. The molecule has 1 aliphatic heterocycles. The lowest BCUT2D eigenvalue weighted by molar-refractivity contribution is -0.117. The minimum atomic E-state index is -0.0809. The Morgan fingerprint density at radius 1 is 1.42 bits per heavy atom. The van der Waals surface area contributed by atoms with Gasteiger partial charge in [0.1, 0.15) is 17.3 Å². The fourth-order valence-corrected chi connectivity index (χ4v) is 3.47. The van der Waals surface area contributed by atoms with E-state index in [4.69, 9.17) is 4.74 Å². The van der Waals surface area contributed by atoms with E-state index in [-0.39, 0.29) is 12.0 Å². The highest BCUT2D eigenvalue weighted by Crippen LogP contribution is 2.27. The van der Waals surface area contributed by atoms with Gasteiger partial charge in [-0.2, -0.15) is 9.61 Å². The highest BCUT2D eigenvalue weighted by atomic mass is 16.5. The summed E-state index contributed by atoms with van der Waals surface area (Å²) in [6.45, 7) is 0.445. The standard InChI is InChI=1S/C16H22N6O2/c1-17-14-8-13-19-10-3-2-4-11(7-10)24-6-5-15(23)20-12-9-18-22(14)16(12)21-13/h8-11,17H,2-7H2,1H3,(H,19,21)(H,20,23). The van der Waals surface area contributed by atoms with E-state index in [1.807, 2.05) is 13.1 Å². The lowest BCUT2D eigenvalue weighted by atomic mass is 9.93. The molecule has 8 nitrogen and oxygen atoms in total. The summed E-state index contributed by atoms with van der Waals surface area (Å²) in [6.07, 6.45) is 6.39. The first kappa shape index (κ1) is 15.2. The van der Waals surface area contributed by atoms with Gasteiger partial charge in [-0.3, -0.25) is 4.79 Å². The number of aromatic nitrogens is 3. The third kappa shape index (κ3) is 2.89. The maximum atomic E-state index is 12.2. The van der Waals surface area contributed by atoms with Crippen molar-refractivity contribution < 1.29 is 9.53 Å². The van der Waals surface area contributed by atoms with Crippen molar-refractivity contribution in [1.29, 1.82) is 0 Å². The van der Waals surface area contributed by atoms with Crippen LogP contribution in [0.1, 0.15) is 32.1 Å². The van der Waals surface area contributed by atoms with Crippen LogP contribution < -0.4 is 16.0 Å². The highest BCUT2D eigenvalue weighted by molar-refractivity contribution is 5.94. The molecule has 0 radical (unpaired) electrons.